The van der Waals surface area contributed by atoms with Gasteiger partial charge in [0.1, 0.15) is 11.4 Å². The zero-order valence-corrected chi connectivity index (χ0v) is 12.3. The first kappa shape index (κ1) is 15.5. The Hall–Kier alpha value is -1.86. The number of hydrogen-bond donors (Lipinski definition) is 2. The molecule has 1 aromatic rings. The lowest BCUT2D eigenvalue weighted by Gasteiger charge is -2.35. The average Bonchev–Trinajstić information content (AvgIpc) is 2.48. The van der Waals surface area contributed by atoms with Crippen molar-refractivity contribution in [3.8, 4) is 0 Å². The van der Waals surface area contributed by atoms with Crippen molar-refractivity contribution in [2.75, 3.05) is 56.1 Å². The van der Waals surface area contributed by atoms with E-state index in [2.05, 4.69) is 10.2 Å². The molecule has 0 radical (unpaired) electrons. The Bertz CT molecular complexity index is 487. The van der Waals surface area contributed by atoms with E-state index in [-0.39, 0.29) is 17.2 Å². The van der Waals surface area contributed by atoms with Crippen LogP contribution in [0.15, 0.2) is 18.2 Å². The summed E-state index contributed by atoms with van der Waals surface area (Å²) in [5.74, 6) is 0. The highest BCUT2D eigenvalue weighted by Gasteiger charge is 2.26. The minimum Gasteiger partial charge on any atom is -0.395 e. The number of rotatable bonds is 6. The summed E-state index contributed by atoms with van der Waals surface area (Å²) < 4.78 is 0. The molecule has 1 fully saturated rings. The lowest BCUT2D eigenvalue weighted by atomic mass is 10.2. The number of nitro groups is 1. The smallest absolute Gasteiger partial charge is 0.315 e. The maximum atomic E-state index is 11.4. The van der Waals surface area contributed by atoms with Crippen LogP contribution in [-0.2, 0) is 0 Å². The Morgan fingerprint density at radius 2 is 2.05 bits per heavy atom. The summed E-state index contributed by atoms with van der Waals surface area (Å²) in [4.78, 5) is 15.3. The minimum atomic E-state index is -0.312. The molecule has 1 saturated heterocycles. The summed E-state index contributed by atoms with van der Waals surface area (Å²) >= 11 is 0. The molecule has 2 rings (SSSR count). The van der Waals surface area contributed by atoms with Gasteiger partial charge in [-0.05, 0) is 19.1 Å². The van der Waals surface area contributed by atoms with Crippen LogP contribution in [0.5, 0.6) is 0 Å². The number of anilines is 2. The van der Waals surface area contributed by atoms with Gasteiger partial charge in [0.15, 0.2) is 0 Å². The molecule has 7 nitrogen and oxygen atoms in total. The second kappa shape index (κ2) is 7.24. The van der Waals surface area contributed by atoms with Crippen LogP contribution in [0, 0.1) is 10.1 Å². The maximum absolute atomic E-state index is 11.4. The van der Waals surface area contributed by atoms with Crippen LogP contribution < -0.4 is 10.2 Å². The standard InChI is InChI=1S/C14H22N4O3/c1-2-15-12-4-3-5-13(14(12)18(20)21)17-8-6-16(7-9-17)10-11-19/h3-5,15,19H,2,6-11H2,1H3. The van der Waals surface area contributed by atoms with Crippen LogP contribution in [0.4, 0.5) is 17.1 Å². The molecule has 1 aromatic carbocycles. The van der Waals surface area contributed by atoms with Gasteiger partial charge in [0, 0.05) is 39.3 Å². The molecular weight excluding hydrogens is 272 g/mol. The molecule has 0 bridgehead atoms. The molecule has 7 heteroatoms. The summed E-state index contributed by atoms with van der Waals surface area (Å²) in [6.07, 6.45) is 0. The van der Waals surface area contributed by atoms with Gasteiger partial charge in [0.2, 0.25) is 0 Å². The van der Waals surface area contributed by atoms with E-state index >= 15 is 0 Å². The zero-order chi connectivity index (χ0) is 15.2. The van der Waals surface area contributed by atoms with E-state index in [1.165, 1.54) is 0 Å². The van der Waals surface area contributed by atoms with E-state index in [9.17, 15) is 10.1 Å². The van der Waals surface area contributed by atoms with Gasteiger partial charge in [-0.3, -0.25) is 15.0 Å². The van der Waals surface area contributed by atoms with Crippen LogP contribution in [0.1, 0.15) is 6.92 Å². The topological polar surface area (TPSA) is 81.9 Å². The summed E-state index contributed by atoms with van der Waals surface area (Å²) in [5.41, 5.74) is 1.38. The van der Waals surface area contributed by atoms with Gasteiger partial charge in [0.05, 0.1) is 11.5 Å². The molecule has 1 heterocycles. The maximum Gasteiger partial charge on any atom is 0.315 e. The third-order valence-corrected chi connectivity index (χ3v) is 3.69. The molecule has 0 atom stereocenters. The molecule has 0 aliphatic carbocycles. The van der Waals surface area contributed by atoms with Crippen LogP contribution in [0.2, 0.25) is 0 Å². The van der Waals surface area contributed by atoms with Crippen molar-refractivity contribution in [3.05, 3.63) is 28.3 Å². The van der Waals surface area contributed by atoms with Gasteiger partial charge < -0.3 is 15.3 Å². The largest absolute Gasteiger partial charge is 0.395 e. The summed E-state index contributed by atoms with van der Waals surface area (Å²) in [6.45, 7) is 6.46. The summed E-state index contributed by atoms with van der Waals surface area (Å²) in [6, 6.07) is 5.40. The Kier molecular flexibility index (Phi) is 5.35. The lowest BCUT2D eigenvalue weighted by molar-refractivity contribution is -0.383. The number of para-hydroxylation sites is 1. The van der Waals surface area contributed by atoms with Gasteiger partial charge >= 0.3 is 5.69 Å². The van der Waals surface area contributed by atoms with Crippen molar-refractivity contribution in [1.29, 1.82) is 0 Å². The Morgan fingerprint density at radius 3 is 2.62 bits per heavy atom. The second-order valence-corrected chi connectivity index (χ2v) is 5.01. The van der Waals surface area contributed by atoms with Crippen molar-refractivity contribution in [2.45, 2.75) is 6.92 Å². The number of benzene rings is 1. The molecule has 1 aliphatic rings. The third kappa shape index (κ3) is 3.62. The number of aliphatic hydroxyl groups is 1. The monoisotopic (exact) mass is 294 g/mol. The quantitative estimate of drug-likeness (QED) is 0.605. The normalized spacial score (nSPS) is 16.0. The first-order valence-electron chi connectivity index (χ1n) is 7.26. The van der Waals surface area contributed by atoms with Gasteiger partial charge in [-0.25, -0.2) is 0 Å². The Labute approximate surface area is 124 Å². The highest BCUT2D eigenvalue weighted by Crippen LogP contribution is 2.35. The predicted octanol–water partition coefficient (Wildman–Crippen LogP) is 1.14. The average molecular weight is 294 g/mol. The number of nitrogens with zero attached hydrogens (tertiary/aromatic N) is 3. The van der Waals surface area contributed by atoms with E-state index in [4.69, 9.17) is 5.11 Å². The SMILES string of the molecule is CCNc1cccc(N2CCN(CCO)CC2)c1[N+](=O)[O-]. The fourth-order valence-corrected chi connectivity index (χ4v) is 2.67. The fraction of sp³-hybridized carbons (Fsp3) is 0.571. The highest BCUT2D eigenvalue weighted by atomic mass is 16.6. The molecule has 0 spiro atoms. The molecule has 1 aliphatic heterocycles. The third-order valence-electron chi connectivity index (χ3n) is 3.69. The van der Waals surface area contributed by atoms with Crippen LogP contribution in [0.25, 0.3) is 0 Å². The Morgan fingerprint density at radius 1 is 1.33 bits per heavy atom. The fourth-order valence-electron chi connectivity index (χ4n) is 2.67. The van der Waals surface area contributed by atoms with Gasteiger partial charge in [0.25, 0.3) is 0 Å². The van der Waals surface area contributed by atoms with E-state index in [0.29, 0.717) is 24.5 Å². The number of hydrogen-bond acceptors (Lipinski definition) is 6. The van der Waals surface area contributed by atoms with Crippen molar-refractivity contribution in [3.63, 3.8) is 0 Å². The number of piperazine rings is 1. The molecule has 0 saturated carbocycles. The van der Waals surface area contributed by atoms with Gasteiger partial charge in [-0.15, -0.1) is 0 Å². The minimum absolute atomic E-state index is 0.148. The zero-order valence-electron chi connectivity index (χ0n) is 12.3. The molecule has 0 unspecified atom stereocenters. The van der Waals surface area contributed by atoms with Crippen molar-refractivity contribution < 1.29 is 10.0 Å². The van der Waals surface area contributed by atoms with E-state index in [0.717, 1.165) is 26.2 Å². The number of aliphatic hydroxyl groups excluding tert-OH is 1. The Balaban J connectivity index is 2.20. The first-order valence-corrected chi connectivity index (χ1v) is 7.26. The molecule has 2 N–H and O–H groups in total. The van der Waals surface area contributed by atoms with Crippen LogP contribution in [0.3, 0.4) is 0 Å². The van der Waals surface area contributed by atoms with Crippen LogP contribution >= 0.6 is 0 Å². The lowest BCUT2D eigenvalue weighted by Crippen LogP contribution is -2.47. The molecule has 116 valence electrons. The molecular formula is C14H22N4O3. The molecule has 0 aromatic heterocycles. The van der Waals surface area contributed by atoms with E-state index < -0.39 is 0 Å². The number of nitrogens with one attached hydrogen (secondary N) is 1. The van der Waals surface area contributed by atoms with Crippen molar-refractivity contribution in [2.24, 2.45) is 0 Å². The highest BCUT2D eigenvalue weighted by molar-refractivity contribution is 5.77. The molecule has 21 heavy (non-hydrogen) atoms. The van der Waals surface area contributed by atoms with Gasteiger partial charge in [-0.1, -0.05) is 6.07 Å². The number of β-amino-alcohol motifs (C(OH)–C–C–N with tert-alkyl or cyclic N) is 1. The summed E-state index contributed by atoms with van der Waals surface area (Å²) in [7, 11) is 0. The molecule has 0 amide bonds. The van der Waals surface area contributed by atoms with Crippen LogP contribution in [-0.4, -0.2) is 60.8 Å². The van der Waals surface area contributed by atoms with Crippen molar-refractivity contribution in [1.82, 2.24) is 4.90 Å². The van der Waals surface area contributed by atoms with Gasteiger partial charge in [-0.2, -0.15) is 0 Å². The number of nitro benzene ring substituents is 1. The first-order chi connectivity index (χ1) is 10.2. The van der Waals surface area contributed by atoms with E-state index in [1.54, 1.807) is 12.1 Å². The second-order valence-electron chi connectivity index (χ2n) is 5.01. The predicted molar refractivity (Wildman–Crippen MR) is 83.0 cm³/mol. The van der Waals surface area contributed by atoms with Crippen molar-refractivity contribution >= 4 is 17.1 Å². The van der Waals surface area contributed by atoms with E-state index in [1.807, 2.05) is 17.9 Å². The summed E-state index contributed by atoms with van der Waals surface area (Å²) in [5, 5.41) is 23.4.